The van der Waals surface area contributed by atoms with Crippen molar-refractivity contribution in [3.05, 3.63) is 53.2 Å². The van der Waals surface area contributed by atoms with Crippen molar-refractivity contribution in [2.45, 2.75) is 16.8 Å². The average molecular weight is 334 g/mol. The molecule has 112 valence electrons. The van der Waals surface area contributed by atoms with Gasteiger partial charge in [0.25, 0.3) is 0 Å². The van der Waals surface area contributed by atoms with Gasteiger partial charge in [0.1, 0.15) is 0 Å². The Balaban J connectivity index is 2.08. The summed E-state index contributed by atoms with van der Waals surface area (Å²) >= 11 is 7.16. The molecule has 1 aromatic carbocycles. The summed E-state index contributed by atoms with van der Waals surface area (Å²) < 4.78 is 41.4. The number of benzene rings is 1. The van der Waals surface area contributed by atoms with E-state index in [4.69, 9.17) is 16.3 Å². The average Bonchev–Trinajstić information content (AvgIpc) is 2.44. The van der Waals surface area contributed by atoms with Gasteiger partial charge < -0.3 is 4.74 Å². The zero-order valence-electron chi connectivity index (χ0n) is 10.7. The Morgan fingerprint density at radius 1 is 1.19 bits per heavy atom. The van der Waals surface area contributed by atoms with Gasteiger partial charge in [-0.15, -0.1) is 11.8 Å². The molecule has 0 spiro atoms. The molecule has 0 aliphatic carbocycles. The van der Waals surface area contributed by atoms with Gasteiger partial charge in [-0.2, -0.15) is 13.2 Å². The van der Waals surface area contributed by atoms with Crippen molar-refractivity contribution in [3.8, 4) is 5.88 Å². The van der Waals surface area contributed by atoms with E-state index in [2.05, 4.69) is 4.98 Å². The fraction of sp³-hybridized carbons (Fsp3) is 0.214. The molecule has 2 nitrogen and oxygen atoms in total. The second-order valence-corrected chi connectivity index (χ2v) is 5.59. The molecule has 0 fully saturated rings. The highest BCUT2D eigenvalue weighted by atomic mass is 35.5. The normalized spacial score (nSPS) is 11.4. The van der Waals surface area contributed by atoms with Gasteiger partial charge in [-0.3, -0.25) is 0 Å². The number of pyridine rings is 1. The van der Waals surface area contributed by atoms with Gasteiger partial charge in [-0.25, -0.2) is 4.98 Å². The third-order valence-corrected chi connectivity index (χ3v) is 3.68. The van der Waals surface area contributed by atoms with Crippen LogP contribution in [0.2, 0.25) is 5.02 Å². The molecular formula is C14H11ClF3NOS. The molecule has 0 saturated carbocycles. The minimum atomic E-state index is -4.40. The number of hydrogen-bond donors (Lipinski definition) is 0. The number of halogens is 4. The molecule has 0 amide bonds. The lowest BCUT2D eigenvalue weighted by Crippen LogP contribution is -2.19. The Labute approximate surface area is 129 Å². The zero-order chi connectivity index (χ0) is 15.3. The summed E-state index contributed by atoms with van der Waals surface area (Å²) in [4.78, 5) is 4.30. The number of hydrogen-bond acceptors (Lipinski definition) is 3. The van der Waals surface area contributed by atoms with Crippen LogP contribution in [0, 0.1) is 0 Å². The third-order valence-electron chi connectivity index (χ3n) is 2.39. The monoisotopic (exact) mass is 333 g/mol. The van der Waals surface area contributed by atoms with Crippen LogP contribution < -0.4 is 4.74 Å². The SMILES string of the molecule is FC(F)(F)COc1ncc(Cl)cc1SCc1ccccc1. The predicted octanol–water partition coefficient (Wildman–Crippen LogP) is 4.97. The van der Waals surface area contributed by atoms with Crippen molar-refractivity contribution < 1.29 is 17.9 Å². The molecule has 0 saturated heterocycles. The van der Waals surface area contributed by atoms with Crippen LogP contribution in [-0.2, 0) is 5.75 Å². The smallest absolute Gasteiger partial charge is 0.422 e. The number of aromatic nitrogens is 1. The summed E-state index contributed by atoms with van der Waals surface area (Å²) in [7, 11) is 0. The lowest BCUT2D eigenvalue weighted by molar-refractivity contribution is -0.154. The first-order valence-corrected chi connectivity index (χ1v) is 7.32. The summed E-state index contributed by atoms with van der Waals surface area (Å²) in [6.07, 6.45) is -3.14. The minimum absolute atomic E-state index is 0.0577. The molecule has 0 aliphatic heterocycles. The van der Waals surface area contributed by atoms with Crippen LogP contribution in [0.5, 0.6) is 5.88 Å². The van der Waals surface area contributed by atoms with Crippen molar-refractivity contribution in [3.63, 3.8) is 0 Å². The Kier molecular flexibility index (Phi) is 5.36. The van der Waals surface area contributed by atoms with Gasteiger partial charge in [-0.05, 0) is 11.6 Å². The summed E-state index contributed by atoms with van der Waals surface area (Å²) in [5.74, 6) is 0.531. The number of ether oxygens (including phenoxy) is 1. The Morgan fingerprint density at radius 3 is 2.57 bits per heavy atom. The van der Waals surface area contributed by atoms with E-state index in [1.54, 1.807) is 6.07 Å². The minimum Gasteiger partial charge on any atom is -0.467 e. The Bertz CT molecular complexity index is 593. The maximum atomic E-state index is 12.2. The van der Waals surface area contributed by atoms with Crippen molar-refractivity contribution in [2.24, 2.45) is 0 Å². The lowest BCUT2D eigenvalue weighted by atomic mass is 10.2. The Morgan fingerprint density at radius 2 is 1.90 bits per heavy atom. The second kappa shape index (κ2) is 7.04. The van der Waals surface area contributed by atoms with E-state index in [1.165, 1.54) is 18.0 Å². The molecule has 0 atom stereocenters. The van der Waals surface area contributed by atoms with Crippen molar-refractivity contribution >= 4 is 23.4 Å². The Hall–Kier alpha value is -1.40. The number of alkyl halides is 3. The van der Waals surface area contributed by atoms with E-state index in [-0.39, 0.29) is 5.88 Å². The standard InChI is InChI=1S/C14H11ClF3NOS/c15-11-6-12(21-8-10-4-2-1-3-5-10)13(19-7-11)20-9-14(16,17)18/h1-7H,8-9H2. The van der Waals surface area contributed by atoms with Crippen molar-refractivity contribution in [1.82, 2.24) is 4.98 Å². The molecule has 0 unspecified atom stereocenters. The van der Waals surface area contributed by atoms with E-state index < -0.39 is 12.8 Å². The maximum Gasteiger partial charge on any atom is 0.422 e. The van der Waals surface area contributed by atoms with Gasteiger partial charge in [0.05, 0.1) is 9.92 Å². The van der Waals surface area contributed by atoms with Gasteiger partial charge in [0.2, 0.25) is 5.88 Å². The van der Waals surface area contributed by atoms with Crippen LogP contribution >= 0.6 is 23.4 Å². The molecule has 2 aromatic rings. The molecule has 0 aliphatic rings. The summed E-state index contributed by atoms with van der Waals surface area (Å²) in [6, 6.07) is 11.1. The summed E-state index contributed by atoms with van der Waals surface area (Å²) in [5, 5.41) is 0.352. The first kappa shape index (κ1) is 16.0. The summed E-state index contributed by atoms with van der Waals surface area (Å²) in [6.45, 7) is -1.37. The van der Waals surface area contributed by atoms with Crippen molar-refractivity contribution in [2.75, 3.05) is 6.61 Å². The number of nitrogens with zero attached hydrogens (tertiary/aromatic N) is 1. The molecule has 21 heavy (non-hydrogen) atoms. The van der Waals surface area contributed by atoms with E-state index in [0.717, 1.165) is 5.56 Å². The number of rotatable bonds is 5. The van der Waals surface area contributed by atoms with Crippen LogP contribution in [0.3, 0.4) is 0 Å². The number of thioether (sulfide) groups is 1. The highest BCUT2D eigenvalue weighted by Gasteiger charge is 2.29. The van der Waals surface area contributed by atoms with Crippen LogP contribution in [0.15, 0.2) is 47.5 Å². The fourth-order valence-corrected chi connectivity index (χ4v) is 2.69. The first-order valence-electron chi connectivity index (χ1n) is 5.96. The maximum absolute atomic E-state index is 12.2. The highest BCUT2D eigenvalue weighted by Crippen LogP contribution is 2.33. The van der Waals surface area contributed by atoms with E-state index in [1.807, 2.05) is 30.3 Å². The molecule has 0 N–H and O–H groups in total. The fourth-order valence-electron chi connectivity index (χ4n) is 1.51. The van der Waals surface area contributed by atoms with Crippen LogP contribution in [-0.4, -0.2) is 17.8 Å². The zero-order valence-corrected chi connectivity index (χ0v) is 12.3. The second-order valence-electron chi connectivity index (χ2n) is 4.13. The molecule has 7 heteroatoms. The molecule has 0 bridgehead atoms. The first-order chi connectivity index (χ1) is 9.94. The van der Waals surface area contributed by atoms with Crippen LogP contribution in [0.1, 0.15) is 5.56 Å². The van der Waals surface area contributed by atoms with Crippen LogP contribution in [0.4, 0.5) is 13.2 Å². The van der Waals surface area contributed by atoms with Gasteiger partial charge in [-0.1, -0.05) is 41.9 Å². The quantitative estimate of drug-likeness (QED) is 0.721. The largest absolute Gasteiger partial charge is 0.467 e. The molecule has 2 rings (SSSR count). The van der Waals surface area contributed by atoms with Gasteiger partial charge in [0, 0.05) is 11.9 Å². The molecule has 1 aromatic heterocycles. The van der Waals surface area contributed by atoms with E-state index >= 15 is 0 Å². The summed E-state index contributed by atoms with van der Waals surface area (Å²) in [5.41, 5.74) is 1.05. The van der Waals surface area contributed by atoms with Crippen LogP contribution in [0.25, 0.3) is 0 Å². The van der Waals surface area contributed by atoms with E-state index in [9.17, 15) is 13.2 Å². The lowest BCUT2D eigenvalue weighted by Gasteiger charge is -2.12. The van der Waals surface area contributed by atoms with Gasteiger partial charge in [0.15, 0.2) is 6.61 Å². The van der Waals surface area contributed by atoms with E-state index in [0.29, 0.717) is 15.7 Å². The van der Waals surface area contributed by atoms with Gasteiger partial charge >= 0.3 is 6.18 Å². The predicted molar refractivity (Wildman–Crippen MR) is 76.8 cm³/mol. The van der Waals surface area contributed by atoms with Crippen molar-refractivity contribution in [1.29, 1.82) is 0 Å². The molecule has 0 radical (unpaired) electrons. The molecule has 1 heterocycles. The molecular weight excluding hydrogens is 323 g/mol. The topological polar surface area (TPSA) is 22.1 Å². The third kappa shape index (κ3) is 5.47. The highest BCUT2D eigenvalue weighted by molar-refractivity contribution is 7.98.